The van der Waals surface area contributed by atoms with Crippen LogP contribution in [0.5, 0.6) is 0 Å². The molecule has 0 radical (unpaired) electrons. The molecule has 2 saturated heterocycles. The number of aromatic nitrogens is 2. The lowest BCUT2D eigenvalue weighted by Gasteiger charge is -2.37. The van der Waals surface area contributed by atoms with Crippen molar-refractivity contribution in [3.63, 3.8) is 0 Å². The first-order valence-electron chi connectivity index (χ1n) is 9.44. The van der Waals surface area contributed by atoms with Crippen LogP contribution in [-0.4, -0.2) is 70.8 Å². The zero-order chi connectivity index (χ0) is 17.2. The minimum Gasteiger partial charge on any atom is -0.381 e. The van der Waals surface area contributed by atoms with Crippen LogP contribution in [-0.2, 0) is 22.5 Å². The van der Waals surface area contributed by atoms with Crippen molar-refractivity contribution in [1.29, 1.82) is 0 Å². The van der Waals surface area contributed by atoms with E-state index in [4.69, 9.17) is 4.74 Å². The van der Waals surface area contributed by atoms with Gasteiger partial charge in [0.25, 0.3) is 5.91 Å². The summed E-state index contributed by atoms with van der Waals surface area (Å²) in [6.45, 7) is 4.76. The van der Waals surface area contributed by atoms with E-state index in [9.17, 15) is 9.59 Å². The average Bonchev–Trinajstić information content (AvgIpc) is 3.12. The predicted octanol–water partition coefficient (Wildman–Crippen LogP) is 0.930. The number of rotatable bonds is 2. The van der Waals surface area contributed by atoms with Crippen molar-refractivity contribution in [3.05, 3.63) is 17.5 Å². The van der Waals surface area contributed by atoms with Gasteiger partial charge in [-0.3, -0.25) is 14.3 Å². The van der Waals surface area contributed by atoms with Crippen LogP contribution in [0.4, 0.5) is 0 Å². The Morgan fingerprint density at radius 1 is 1.00 bits per heavy atom. The van der Waals surface area contributed by atoms with Gasteiger partial charge in [0.1, 0.15) is 0 Å². The Morgan fingerprint density at radius 2 is 1.72 bits per heavy atom. The van der Waals surface area contributed by atoms with Crippen LogP contribution in [0.25, 0.3) is 0 Å². The number of ether oxygens (including phenoxy) is 1. The normalized spacial score (nSPS) is 21.9. The molecule has 0 spiro atoms. The van der Waals surface area contributed by atoms with E-state index in [1.165, 1.54) is 0 Å². The lowest BCUT2D eigenvalue weighted by Crippen LogP contribution is -2.52. The van der Waals surface area contributed by atoms with E-state index in [0.717, 1.165) is 49.9 Å². The Labute approximate surface area is 147 Å². The van der Waals surface area contributed by atoms with E-state index >= 15 is 0 Å². The quantitative estimate of drug-likeness (QED) is 0.799. The average molecular weight is 346 g/mol. The number of piperazine rings is 1. The SMILES string of the molecule is O=C(c1cnn2c1CCCC2)N1CCN(C(=O)C2CCOCC2)CC1. The van der Waals surface area contributed by atoms with Gasteiger partial charge < -0.3 is 14.5 Å². The van der Waals surface area contributed by atoms with Crippen LogP contribution >= 0.6 is 0 Å². The summed E-state index contributed by atoms with van der Waals surface area (Å²) in [6, 6.07) is 0. The van der Waals surface area contributed by atoms with Gasteiger partial charge in [0.15, 0.2) is 0 Å². The molecule has 0 atom stereocenters. The molecule has 0 aliphatic carbocycles. The summed E-state index contributed by atoms with van der Waals surface area (Å²) in [6.07, 6.45) is 6.56. The maximum Gasteiger partial charge on any atom is 0.257 e. The summed E-state index contributed by atoms with van der Waals surface area (Å²) >= 11 is 0. The fourth-order valence-corrected chi connectivity index (χ4v) is 4.10. The molecule has 0 saturated carbocycles. The maximum absolute atomic E-state index is 12.9. The van der Waals surface area contributed by atoms with Gasteiger partial charge >= 0.3 is 0 Å². The monoisotopic (exact) mass is 346 g/mol. The Bertz CT molecular complexity index is 643. The zero-order valence-electron chi connectivity index (χ0n) is 14.7. The predicted molar refractivity (Wildman–Crippen MR) is 91.2 cm³/mol. The number of amides is 2. The summed E-state index contributed by atoms with van der Waals surface area (Å²) in [7, 11) is 0. The van der Waals surface area contributed by atoms with Gasteiger partial charge in [-0.15, -0.1) is 0 Å². The summed E-state index contributed by atoms with van der Waals surface area (Å²) in [5.74, 6) is 0.401. The summed E-state index contributed by atoms with van der Waals surface area (Å²) in [5, 5.41) is 4.37. The van der Waals surface area contributed by atoms with Crippen LogP contribution in [0.15, 0.2) is 6.20 Å². The van der Waals surface area contributed by atoms with Crippen molar-refractivity contribution >= 4 is 11.8 Å². The molecule has 3 aliphatic heterocycles. The minimum absolute atomic E-state index is 0.0707. The lowest BCUT2D eigenvalue weighted by atomic mass is 9.98. The number of carbonyl (C=O) groups excluding carboxylic acids is 2. The fraction of sp³-hybridized carbons (Fsp3) is 0.722. The smallest absolute Gasteiger partial charge is 0.257 e. The van der Waals surface area contributed by atoms with E-state index in [2.05, 4.69) is 5.10 Å². The van der Waals surface area contributed by atoms with Gasteiger partial charge in [0, 0.05) is 51.9 Å². The van der Waals surface area contributed by atoms with E-state index in [1.54, 1.807) is 6.20 Å². The van der Waals surface area contributed by atoms with Gasteiger partial charge in [0.05, 0.1) is 17.5 Å². The second-order valence-electron chi connectivity index (χ2n) is 7.19. The minimum atomic E-state index is 0.0707. The fourth-order valence-electron chi connectivity index (χ4n) is 4.10. The molecule has 2 fully saturated rings. The van der Waals surface area contributed by atoms with Crippen LogP contribution in [0.1, 0.15) is 41.7 Å². The summed E-state index contributed by atoms with van der Waals surface area (Å²) in [5.41, 5.74) is 1.83. The molecule has 1 aromatic heterocycles. The Hall–Kier alpha value is -1.89. The third-order valence-electron chi connectivity index (χ3n) is 5.66. The van der Waals surface area contributed by atoms with E-state index < -0.39 is 0 Å². The molecule has 0 bridgehead atoms. The van der Waals surface area contributed by atoms with E-state index in [0.29, 0.717) is 39.4 Å². The number of fused-ring (bicyclic) bond motifs is 1. The number of nitrogens with zero attached hydrogens (tertiary/aromatic N) is 4. The van der Waals surface area contributed by atoms with Gasteiger partial charge in [-0.05, 0) is 32.1 Å². The highest BCUT2D eigenvalue weighted by molar-refractivity contribution is 5.95. The van der Waals surface area contributed by atoms with Gasteiger partial charge in [-0.2, -0.15) is 5.10 Å². The van der Waals surface area contributed by atoms with Crippen molar-refractivity contribution in [3.8, 4) is 0 Å². The molecule has 7 nitrogen and oxygen atoms in total. The molecule has 1 aromatic rings. The molecule has 4 heterocycles. The highest BCUT2D eigenvalue weighted by Gasteiger charge is 2.31. The standard InChI is InChI=1S/C18H26N4O3/c23-17(14-4-11-25-12-5-14)20-7-9-21(10-8-20)18(24)15-13-19-22-6-2-1-3-16(15)22/h13-14H,1-12H2. The third-order valence-corrected chi connectivity index (χ3v) is 5.66. The van der Waals surface area contributed by atoms with Gasteiger partial charge in [-0.25, -0.2) is 0 Å². The molecule has 0 unspecified atom stereocenters. The van der Waals surface area contributed by atoms with Gasteiger partial charge in [-0.1, -0.05) is 0 Å². The summed E-state index contributed by atoms with van der Waals surface area (Å²) < 4.78 is 7.31. The highest BCUT2D eigenvalue weighted by Crippen LogP contribution is 2.22. The molecule has 4 rings (SSSR count). The molecule has 136 valence electrons. The third kappa shape index (κ3) is 3.29. The molecular weight excluding hydrogens is 320 g/mol. The van der Waals surface area contributed by atoms with Crippen molar-refractivity contribution in [2.24, 2.45) is 5.92 Å². The van der Waals surface area contributed by atoms with Crippen LogP contribution in [0.2, 0.25) is 0 Å². The number of carbonyl (C=O) groups is 2. The Balaban J connectivity index is 1.36. The number of hydrogen-bond donors (Lipinski definition) is 0. The number of aryl methyl sites for hydroxylation is 1. The van der Waals surface area contributed by atoms with E-state index in [-0.39, 0.29) is 17.7 Å². The molecular formula is C18H26N4O3. The van der Waals surface area contributed by atoms with Crippen molar-refractivity contribution in [2.75, 3.05) is 39.4 Å². The molecule has 25 heavy (non-hydrogen) atoms. The highest BCUT2D eigenvalue weighted by atomic mass is 16.5. The molecule has 2 amide bonds. The van der Waals surface area contributed by atoms with Crippen molar-refractivity contribution in [2.45, 2.75) is 38.6 Å². The van der Waals surface area contributed by atoms with Crippen LogP contribution in [0, 0.1) is 5.92 Å². The Morgan fingerprint density at radius 3 is 2.48 bits per heavy atom. The zero-order valence-corrected chi connectivity index (χ0v) is 14.7. The van der Waals surface area contributed by atoms with E-state index in [1.807, 2.05) is 14.5 Å². The first-order chi connectivity index (χ1) is 12.2. The molecule has 0 aromatic carbocycles. The lowest BCUT2D eigenvalue weighted by molar-refractivity contribution is -0.140. The molecule has 0 N–H and O–H groups in total. The molecule has 7 heteroatoms. The second-order valence-corrected chi connectivity index (χ2v) is 7.19. The van der Waals surface area contributed by atoms with Crippen molar-refractivity contribution < 1.29 is 14.3 Å². The van der Waals surface area contributed by atoms with Crippen LogP contribution in [0.3, 0.4) is 0 Å². The van der Waals surface area contributed by atoms with Gasteiger partial charge in [0.2, 0.25) is 5.91 Å². The first kappa shape index (κ1) is 16.6. The topological polar surface area (TPSA) is 67.7 Å². The van der Waals surface area contributed by atoms with Crippen LogP contribution < -0.4 is 0 Å². The maximum atomic E-state index is 12.9. The second kappa shape index (κ2) is 7.15. The Kier molecular flexibility index (Phi) is 4.74. The van der Waals surface area contributed by atoms with Crippen molar-refractivity contribution in [1.82, 2.24) is 19.6 Å². The molecule has 3 aliphatic rings. The largest absolute Gasteiger partial charge is 0.381 e. The summed E-state index contributed by atoms with van der Waals surface area (Å²) in [4.78, 5) is 29.3. The number of hydrogen-bond acceptors (Lipinski definition) is 4. The first-order valence-corrected chi connectivity index (χ1v) is 9.44.